The molecule has 0 aromatic heterocycles. The Morgan fingerprint density at radius 3 is 2.17 bits per heavy atom. The Bertz CT molecular complexity index is 2650. The van der Waals surface area contributed by atoms with E-state index in [2.05, 4.69) is 26.6 Å². The van der Waals surface area contributed by atoms with Gasteiger partial charge >= 0.3 is 0 Å². The first-order valence-electron chi connectivity index (χ1n) is 23.4. The number of nitrogens with two attached hydrogens (primary N) is 2. The number of nitrogens with zero attached hydrogens (tertiary/aromatic N) is 2. The van der Waals surface area contributed by atoms with Crippen LogP contribution in [0.4, 0.5) is 0 Å². The lowest BCUT2D eigenvalue weighted by Crippen LogP contribution is -2.58. The van der Waals surface area contributed by atoms with Crippen LogP contribution in [0.1, 0.15) is 79.9 Å². The largest absolute Gasteiger partial charge is 0.507 e. The van der Waals surface area contributed by atoms with Gasteiger partial charge in [0, 0.05) is 54.2 Å². The van der Waals surface area contributed by atoms with Crippen molar-refractivity contribution in [1.29, 1.82) is 0 Å². The van der Waals surface area contributed by atoms with Crippen LogP contribution in [0.2, 0.25) is 5.02 Å². The zero-order valence-corrected chi connectivity index (χ0v) is 40.5. The maximum atomic E-state index is 14.7. The fraction of sp³-hybridized carbons (Fsp3) is 0.373. The average molecular weight is 995 g/mol. The number of carbonyl (C=O) groups excluding carboxylic acids is 8. The summed E-state index contributed by atoms with van der Waals surface area (Å²) >= 11 is 6.06. The van der Waals surface area contributed by atoms with E-state index < -0.39 is 83.5 Å². The van der Waals surface area contributed by atoms with Gasteiger partial charge in [0.25, 0.3) is 5.91 Å². The first kappa shape index (κ1) is 52.9. The molecular formula is C51H60ClN9O10. The number of primary amides is 1. The van der Waals surface area contributed by atoms with Crippen molar-refractivity contribution in [3.8, 4) is 33.8 Å². The molecule has 0 unspecified atom stereocenters. The van der Waals surface area contributed by atoms with Gasteiger partial charge < -0.3 is 58.1 Å². The van der Waals surface area contributed by atoms with Gasteiger partial charge in [-0.1, -0.05) is 48.0 Å². The van der Waals surface area contributed by atoms with Crippen molar-refractivity contribution < 1.29 is 48.6 Å². The number of aromatic hydroxyl groups is 2. The molecule has 4 aromatic rings. The standard InChI is InChI=1S/C51H60ClN9O10/c1-28-46(66)59-40(48(68)57-29(2)50(70)61-22-6-7-36(61)26-44(65)55-27-43(54)64)24-30-9-19-41(62)37(23-30)38-25-34(16-20-42(38)63)45(49(69)56-28)60(3)51(71)39(8-4-5-21-53)58-47(67)33-12-10-31(11-13-33)32-14-17-35(52)18-15-32/h9-20,23,25,28-29,36,39-40,45,62-63H,4-8,21-22,24,26-27,53H2,1-3H3,(H2,54,64)(H,55,65)(H,56,69)(H,57,68)(H,58,67)(H,59,66)/t28-,29-,36-,39-,40-,45-/m0/s1. The highest BCUT2D eigenvalue weighted by Gasteiger charge is 2.38. The van der Waals surface area contributed by atoms with Crippen molar-refractivity contribution in [3.63, 3.8) is 0 Å². The van der Waals surface area contributed by atoms with Gasteiger partial charge in [0.05, 0.1) is 6.54 Å². The number of phenolic OH excluding ortho intramolecular Hbond substituents is 2. The molecule has 2 aliphatic heterocycles. The molecule has 71 heavy (non-hydrogen) atoms. The maximum Gasteiger partial charge on any atom is 0.251 e. The van der Waals surface area contributed by atoms with E-state index >= 15 is 0 Å². The zero-order valence-electron chi connectivity index (χ0n) is 39.7. The predicted octanol–water partition coefficient (Wildman–Crippen LogP) is 2.55. The second-order valence-corrected chi connectivity index (χ2v) is 18.3. The van der Waals surface area contributed by atoms with Gasteiger partial charge in [0.1, 0.15) is 41.7 Å². The molecule has 19 nitrogen and oxygen atoms in total. The molecule has 0 radical (unpaired) electrons. The Labute approximate surface area is 416 Å². The van der Waals surface area contributed by atoms with E-state index in [-0.39, 0.29) is 59.6 Å². The number of nitrogens with one attached hydrogen (secondary N) is 5. The summed E-state index contributed by atoms with van der Waals surface area (Å²) in [6.45, 7) is 3.16. The summed E-state index contributed by atoms with van der Waals surface area (Å²) in [4.78, 5) is 111. The Morgan fingerprint density at radius 1 is 0.859 bits per heavy atom. The minimum atomic E-state index is -1.48. The summed E-state index contributed by atoms with van der Waals surface area (Å²) in [5.41, 5.74) is 13.7. The Hall–Kier alpha value is -7.51. The maximum absolute atomic E-state index is 14.7. The fourth-order valence-electron chi connectivity index (χ4n) is 8.77. The molecule has 4 bridgehead atoms. The van der Waals surface area contributed by atoms with E-state index in [0.29, 0.717) is 49.4 Å². The van der Waals surface area contributed by atoms with Crippen LogP contribution in [0.3, 0.4) is 0 Å². The minimum absolute atomic E-state index is 0.0770. The monoisotopic (exact) mass is 993 g/mol. The molecule has 376 valence electrons. The molecule has 6 atom stereocenters. The molecule has 0 spiro atoms. The third-order valence-corrected chi connectivity index (χ3v) is 12.9. The molecule has 1 saturated heterocycles. The van der Waals surface area contributed by atoms with Crippen molar-refractivity contribution >= 4 is 58.9 Å². The Kier molecular flexibility index (Phi) is 17.8. The lowest BCUT2D eigenvalue weighted by atomic mass is 9.93. The molecule has 11 N–H and O–H groups in total. The van der Waals surface area contributed by atoms with Crippen molar-refractivity contribution in [2.45, 2.75) is 95.0 Å². The summed E-state index contributed by atoms with van der Waals surface area (Å²) < 4.78 is 0. The molecule has 2 aliphatic rings. The van der Waals surface area contributed by atoms with Crippen LogP contribution in [0.15, 0.2) is 84.9 Å². The molecule has 20 heteroatoms. The summed E-state index contributed by atoms with van der Waals surface area (Å²) in [6, 6.07) is 15.7. The lowest BCUT2D eigenvalue weighted by Gasteiger charge is -2.32. The Balaban J connectivity index is 1.26. The number of rotatable bonds is 16. The first-order valence-corrected chi connectivity index (χ1v) is 23.8. The summed E-state index contributed by atoms with van der Waals surface area (Å²) in [5, 5.41) is 36.3. The van der Waals surface area contributed by atoms with Crippen LogP contribution in [0.25, 0.3) is 22.3 Å². The number of phenols is 2. The quantitative estimate of drug-likeness (QED) is 0.0736. The van der Waals surface area contributed by atoms with Crippen LogP contribution in [0.5, 0.6) is 11.5 Å². The number of unbranched alkanes of at least 4 members (excludes halogenated alkanes) is 1. The molecule has 0 aliphatic carbocycles. The van der Waals surface area contributed by atoms with Gasteiger partial charge in [0.15, 0.2) is 0 Å². The summed E-state index contributed by atoms with van der Waals surface area (Å²) in [5.74, 6) is -5.80. The molecular weight excluding hydrogens is 934 g/mol. The third kappa shape index (κ3) is 13.4. The van der Waals surface area contributed by atoms with Gasteiger partial charge in [-0.05, 0) is 123 Å². The van der Waals surface area contributed by atoms with E-state index in [4.69, 9.17) is 23.1 Å². The highest BCUT2D eigenvalue weighted by molar-refractivity contribution is 6.30. The van der Waals surface area contributed by atoms with Gasteiger partial charge in [-0.3, -0.25) is 38.4 Å². The average Bonchev–Trinajstić information content (AvgIpc) is 3.81. The normalized spacial score (nSPS) is 18.7. The van der Waals surface area contributed by atoms with E-state index in [1.807, 2.05) is 12.1 Å². The van der Waals surface area contributed by atoms with E-state index in [1.165, 1.54) is 62.2 Å². The van der Waals surface area contributed by atoms with Crippen molar-refractivity contribution in [2.24, 2.45) is 11.5 Å². The highest BCUT2D eigenvalue weighted by Crippen LogP contribution is 2.39. The summed E-state index contributed by atoms with van der Waals surface area (Å²) in [7, 11) is 1.38. The van der Waals surface area contributed by atoms with Crippen molar-refractivity contribution in [2.75, 3.05) is 26.7 Å². The predicted molar refractivity (Wildman–Crippen MR) is 264 cm³/mol. The molecule has 0 saturated carbocycles. The molecule has 2 heterocycles. The summed E-state index contributed by atoms with van der Waals surface area (Å²) in [6.07, 6.45) is 2.01. The van der Waals surface area contributed by atoms with Gasteiger partial charge in [0.2, 0.25) is 41.4 Å². The highest BCUT2D eigenvalue weighted by atomic mass is 35.5. The molecule has 6 rings (SSSR count). The first-order chi connectivity index (χ1) is 33.8. The van der Waals surface area contributed by atoms with Crippen molar-refractivity contribution in [1.82, 2.24) is 36.4 Å². The van der Waals surface area contributed by atoms with E-state index in [9.17, 15) is 48.6 Å². The number of halogens is 1. The van der Waals surface area contributed by atoms with Crippen LogP contribution in [0, 0.1) is 0 Å². The number of fused-ring (bicyclic) bond motifs is 5. The van der Waals surface area contributed by atoms with Crippen LogP contribution >= 0.6 is 11.6 Å². The number of hydrogen-bond donors (Lipinski definition) is 9. The van der Waals surface area contributed by atoms with Crippen LogP contribution < -0.4 is 38.1 Å². The topological polar surface area (TPSA) is 296 Å². The number of carbonyl (C=O) groups is 8. The van der Waals surface area contributed by atoms with Crippen LogP contribution in [-0.4, -0.2) is 124 Å². The molecule has 8 amide bonds. The second kappa shape index (κ2) is 23.9. The Morgan fingerprint density at radius 2 is 1.51 bits per heavy atom. The van der Waals surface area contributed by atoms with E-state index in [0.717, 1.165) is 16.0 Å². The fourth-order valence-corrected chi connectivity index (χ4v) is 8.90. The number of likely N-dealkylation sites (tertiary alicyclic amines) is 1. The van der Waals surface area contributed by atoms with Gasteiger partial charge in [-0.25, -0.2) is 0 Å². The number of amides is 8. The second-order valence-electron chi connectivity index (χ2n) is 17.9. The number of hydrogen-bond acceptors (Lipinski definition) is 11. The lowest BCUT2D eigenvalue weighted by molar-refractivity contribution is -0.141. The molecule has 1 fully saturated rings. The molecule has 4 aromatic carbocycles. The van der Waals surface area contributed by atoms with Gasteiger partial charge in [-0.15, -0.1) is 0 Å². The number of likely N-dealkylation sites (N-methyl/N-ethyl adjacent to an activating group) is 1. The smallest absolute Gasteiger partial charge is 0.251 e. The van der Waals surface area contributed by atoms with Crippen LogP contribution in [-0.2, 0) is 40.0 Å². The number of benzene rings is 4. The van der Waals surface area contributed by atoms with Gasteiger partial charge in [-0.2, -0.15) is 0 Å². The zero-order chi connectivity index (χ0) is 51.5. The van der Waals surface area contributed by atoms with E-state index in [1.54, 1.807) is 36.4 Å². The SMILES string of the molecule is C[C@@H]1NC(=O)[C@@H](N(C)C(=O)[C@H](CCCCN)NC(=O)c2ccc(-c3ccc(Cl)cc3)cc2)c2ccc(O)c(c2)-c2cc(ccc2O)C[C@@H](C(=O)N[C@@H](C)C(=O)N2CCC[C@H]2CC(=O)NCC(N)=O)NC1=O. The third-order valence-electron chi connectivity index (χ3n) is 12.6. The minimum Gasteiger partial charge on any atom is -0.507 e. The van der Waals surface area contributed by atoms with Crippen molar-refractivity contribution in [3.05, 3.63) is 107 Å².